The van der Waals surface area contributed by atoms with Crippen LogP contribution >= 0.6 is 0 Å². The Balaban J connectivity index is 1.92. The smallest absolute Gasteiger partial charge is 0.254 e. The highest BCUT2D eigenvalue weighted by molar-refractivity contribution is 5.93. The van der Waals surface area contributed by atoms with Crippen molar-refractivity contribution in [1.82, 2.24) is 9.88 Å². The van der Waals surface area contributed by atoms with Gasteiger partial charge < -0.3 is 15.4 Å². The lowest BCUT2D eigenvalue weighted by atomic mass is 9.83. The van der Waals surface area contributed by atoms with Gasteiger partial charge in [0.05, 0.1) is 11.1 Å². The SMILES string of the molecule is CN(C)C(=O)c1ccc(OCC2(N)CCCCC2)nc1. The van der Waals surface area contributed by atoms with Gasteiger partial charge in [-0.3, -0.25) is 4.79 Å². The van der Waals surface area contributed by atoms with Gasteiger partial charge in [0, 0.05) is 26.4 Å². The Hall–Kier alpha value is -1.62. The van der Waals surface area contributed by atoms with Gasteiger partial charge in [-0.05, 0) is 18.9 Å². The number of hydrogen-bond donors (Lipinski definition) is 1. The summed E-state index contributed by atoms with van der Waals surface area (Å²) in [6, 6.07) is 3.46. The Morgan fingerprint density at radius 3 is 2.60 bits per heavy atom. The van der Waals surface area contributed by atoms with Crippen LogP contribution in [0.1, 0.15) is 42.5 Å². The van der Waals surface area contributed by atoms with E-state index in [2.05, 4.69) is 4.98 Å². The van der Waals surface area contributed by atoms with E-state index in [4.69, 9.17) is 10.5 Å². The van der Waals surface area contributed by atoms with E-state index in [0.717, 1.165) is 12.8 Å². The molecule has 0 aliphatic heterocycles. The summed E-state index contributed by atoms with van der Waals surface area (Å²) in [6.07, 6.45) is 7.15. The molecule has 1 heterocycles. The van der Waals surface area contributed by atoms with E-state index in [-0.39, 0.29) is 11.4 Å². The summed E-state index contributed by atoms with van der Waals surface area (Å²) in [5, 5.41) is 0. The summed E-state index contributed by atoms with van der Waals surface area (Å²) in [5.74, 6) is 0.460. The van der Waals surface area contributed by atoms with Crippen LogP contribution < -0.4 is 10.5 Å². The molecule has 0 bridgehead atoms. The summed E-state index contributed by atoms with van der Waals surface area (Å²) >= 11 is 0. The molecule has 20 heavy (non-hydrogen) atoms. The van der Waals surface area contributed by atoms with Gasteiger partial charge in [-0.1, -0.05) is 19.3 Å². The number of hydrogen-bond acceptors (Lipinski definition) is 4. The van der Waals surface area contributed by atoms with Crippen molar-refractivity contribution in [3.05, 3.63) is 23.9 Å². The molecule has 1 amide bonds. The van der Waals surface area contributed by atoms with Gasteiger partial charge in [-0.25, -0.2) is 4.98 Å². The van der Waals surface area contributed by atoms with Crippen molar-refractivity contribution in [3.63, 3.8) is 0 Å². The molecule has 2 N–H and O–H groups in total. The first-order chi connectivity index (χ1) is 9.50. The van der Waals surface area contributed by atoms with Gasteiger partial charge >= 0.3 is 0 Å². The number of rotatable bonds is 4. The van der Waals surface area contributed by atoms with Crippen LogP contribution in [0.15, 0.2) is 18.3 Å². The molecule has 110 valence electrons. The number of amides is 1. The summed E-state index contributed by atoms with van der Waals surface area (Å²) < 4.78 is 5.68. The molecule has 1 aromatic rings. The van der Waals surface area contributed by atoms with Crippen molar-refractivity contribution in [3.8, 4) is 5.88 Å². The fourth-order valence-electron chi connectivity index (χ4n) is 2.47. The Kier molecular flexibility index (Phi) is 4.60. The third-order valence-electron chi connectivity index (χ3n) is 3.75. The van der Waals surface area contributed by atoms with E-state index in [0.29, 0.717) is 18.1 Å². The highest BCUT2D eigenvalue weighted by Crippen LogP contribution is 2.26. The van der Waals surface area contributed by atoms with Crippen LogP contribution in [-0.4, -0.2) is 42.0 Å². The van der Waals surface area contributed by atoms with Crippen molar-refractivity contribution in [2.24, 2.45) is 5.73 Å². The normalized spacial score (nSPS) is 17.6. The molecule has 0 atom stereocenters. The molecular weight excluding hydrogens is 254 g/mol. The number of pyridine rings is 1. The maximum absolute atomic E-state index is 11.7. The number of nitrogens with zero attached hydrogens (tertiary/aromatic N) is 2. The predicted molar refractivity (Wildman–Crippen MR) is 77.8 cm³/mol. The first-order valence-electron chi connectivity index (χ1n) is 7.10. The second kappa shape index (κ2) is 6.22. The Morgan fingerprint density at radius 1 is 1.35 bits per heavy atom. The fourth-order valence-corrected chi connectivity index (χ4v) is 2.47. The van der Waals surface area contributed by atoms with Gasteiger partial charge in [0.1, 0.15) is 6.61 Å². The zero-order valence-corrected chi connectivity index (χ0v) is 12.3. The standard InChI is InChI=1S/C15H23N3O2/c1-18(2)14(19)12-6-7-13(17-10-12)20-11-15(16)8-4-3-5-9-15/h6-7,10H,3-5,8-9,11,16H2,1-2H3. The molecule has 1 aliphatic rings. The van der Waals surface area contributed by atoms with Crippen molar-refractivity contribution < 1.29 is 9.53 Å². The van der Waals surface area contributed by atoms with Gasteiger partial charge in [0.2, 0.25) is 5.88 Å². The number of carbonyl (C=O) groups is 1. The first-order valence-corrected chi connectivity index (χ1v) is 7.10. The Labute approximate surface area is 120 Å². The Morgan fingerprint density at radius 2 is 2.05 bits per heavy atom. The predicted octanol–water partition coefficient (Wildman–Crippen LogP) is 1.82. The second-order valence-corrected chi connectivity index (χ2v) is 5.80. The topological polar surface area (TPSA) is 68.5 Å². The fraction of sp³-hybridized carbons (Fsp3) is 0.600. The average Bonchev–Trinajstić information content (AvgIpc) is 2.46. The zero-order valence-electron chi connectivity index (χ0n) is 12.3. The number of carbonyl (C=O) groups excluding carboxylic acids is 1. The third-order valence-corrected chi connectivity index (χ3v) is 3.75. The molecule has 5 nitrogen and oxygen atoms in total. The zero-order chi connectivity index (χ0) is 14.6. The van der Waals surface area contributed by atoms with E-state index in [1.54, 1.807) is 32.4 Å². The quantitative estimate of drug-likeness (QED) is 0.911. The summed E-state index contributed by atoms with van der Waals surface area (Å²) in [4.78, 5) is 17.4. The molecule has 0 unspecified atom stereocenters. The van der Waals surface area contributed by atoms with Crippen LogP contribution in [0.25, 0.3) is 0 Å². The number of aromatic nitrogens is 1. The molecule has 5 heteroatoms. The lowest BCUT2D eigenvalue weighted by Crippen LogP contribution is -2.47. The minimum absolute atomic E-state index is 0.0633. The van der Waals surface area contributed by atoms with Crippen molar-refractivity contribution in [1.29, 1.82) is 0 Å². The summed E-state index contributed by atoms with van der Waals surface area (Å²) in [7, 11) is 3.43. The van der Waals surface area contributed by atoms with E-state index >= 15 is 0 Å². The van der Waals surface area contributed by atoms with E-state index < -0.39 is 0 Å². The molecule has 1 fully saturated rings. The van der Waals surface area contributed by atoms with Gasteiger partial charge in [0.15, 0.2) is 0 Å². The van der Waals surface area contributed by atoms with Gasteiger partial charge in [0.25, 0.3) is 5.91 Å². The van der Waals surface area contributed by atoms with Crippen LogP contribution in [0.2, 0.25) is 0 Å². The minimum atomic E-state index is -0.224. The highest BCUT2D eigenvalue weighted by atomic mass is 16.5. The molecule has 1 saturated carbocycles. The first kappa shape index (κ1) is 14.8. The summed E-state index contributed by atoms with van der Waals surface area (Å²) in [5.41, 5.74) is 6.64. The largest absolute Gasteiger partial charge is 0.476 e. The monoisotopic (exact) mass is 277 g/mol. The van der Waals surface area contributed by atoms with Crippen molar-refractivity contribution in [2.75, 3.05) is 20.7 Å². The molecular formula is C15H23N3O2. The molecule has 0 saturated heterocycles. The number of ether oxygens (including phenoxy) is 1. The summed E-state index contributed by atoms with van der Waals surface area (Å²) in [6.45, 7) is 0.487. The molecule has 0 radical (unpaired) electrons. The highest BCUT2D eigenvalue weighted by Gasteiger charge is 2.28. The lowest BCUT2D eigenvalue weighted by Gasteiger charge is -2.32. The molecule has 0 aromatic carbocycles. The maximum atomic E-state index is 11.7. The maximum Gasteiger partial charge on any atom is 0.254 e. The van der Waals surface area contributed by atoms with Crippen molar-refractivity contribution >= 4 is 5.91 Å². The average molecular weight is 277 g/mol. The van der Waals surface area contributed by atoms with Crippen LogP contribution in [0.5, 0.6) is 5.88 Å². The van der Waals surface area contributed by atoms with Gasteiger partial charge in [-0.15, -0.1) is 0 Å². The molecule has 1 aliphatic carbocycles. The molecule has 2 rings (SSSR count). The number of nitrogens with two attached hydrogens (primary N) is 1. The molecule has 1 aromatic heterocycles. The van der Waals surface area contributed by atoms with Crippen LogP contribution in [-0.2, 0) is 0 Å². The van der Waals surface area contributed by atoms with E-state index in [9.17, 15) is 4.79 Å². The van der Waals surface area contributed by atoms with Crippen LogP contribution in [0.3, 0.4) is 0 Å². The lowest BCUT2D eigenvalue weighted by molar-refractivity contribution is 0.0827. The third kappa shape index (κ3) is 3.70. The van der Waals surface area contributed by atoms with E-state index in [1.165, 1.54) is 24.2 Å². The van der Waals surface area contributed by atoms with E-state index in [1.807, 2.05) is 0 Å². The molecule has 0 spiro atoms. The van der Waals surface area contributed by atoms with Gasteiger partial charge in [-0.2, -0.15) is 0 Å². The van der Waals surface area contributed by atoms with Crippen LogP contribution in [0.4, 0.5) is 0 Å². The van der Waals surface area contributed by atoms with Crippen molar-refractivity contribution in [2.45, 2.75) is 37.6 Å². The van der Waals surface area contributed by atoms with Crippen LogP contribution in [0, 0.1) is 0 Å². The second-order valence-electron chi connectivity index (χ2n) is 5.80. The Bertz CT molecular complexity index is 451. The minimum Gasteiger partial charge on any atom is -0.476 e.